The van der Waals surface area contributed by atoms with Crippen LogP contribution in [-0.4, -0.2) is 28.9 Å². The van der Waals surface area contributed by atoms with Crippen LogP contribution in [0.15, 0.2) is 54.6 Å². The highest BCUT2D eigenvalue weighted by Crippen LogP contribution is 2.43. The fourth-order valence-electron chi connectivity index (χ4n) is 3.93. The largest absolute Gasteiger partial charge is 0.315 e. The summed E-state index contributed by atoms with van der Waals surface area (Å²) in [6.45, 7) is 2.62. The number of benzene rings is 2. The molecule has 122 valence electrons. The second-order valence-corrected chi connectivity index (χ2v) is 6.66. The van der Waals surface area contributed by atoms with Crippen LogP contribution in [0.5, 0.6) is 0 Å². The third-order valence-electron chi connectivity index (χ3n) is 5.21. The normalized spacial score (nSPS) is 22.5. The first kappa shape index (κ1) is 14.9. The first-order valence-corrected chi connectivity index (χ1v) is 8.39. The Morgan fingerprint density at radius 1 is 1.00 bits per heavy atom. The Bertz CT molecular complexity index is 802. The molecule has 1 unspecified atom stereocenters. The molecule has 0 aliphatic carbocycles. The van der Waals surface area contributed by atoms with E-state index in [1.807, 2.05) is 59.2 Å². The van der Waals surface area contributed by atoms with E-state index in [0.717, 1.165) is 12.1 Å². The predicted molar refractivity (Wildman–Crippen MR) is 92.7 cm³/mol. The standard InChI is InChI=1S/C20H20N2O2/c1-20-13-11-18(23)22(20)17-10-6-5-9-16(17)19(24)21(20)14-12-15-7-3-2-4-8-15/h2-10H,11-14H2,1H3. The zero-order valence-corrected chi connectivity index (χ0v) is 13.7. The number of hydrogen-bond acceptors (Lipinski definition) is 2. The molecule has 1 fully saturated rings. The van der Waals surface area contributed by atoms with E-state index >= 15 is 0 Å². The second-order valence-electron chi connectivity index (χ2n) is 6.66. The molecule has 2 aromatic carbocycles. The van der Waals surface area contributed by atoms with Crippen LogP contribution in [-0.2, 0) is 11.2 Å². The number of fused-ring (bicyclic) bond motifs is 3. The van der Waals surface area contributed by atoms with E-state index in [-0.39, 0.29) is 11.8 Å². The third kappa shape index (κ3) is 2.13. The molecular formula is C20H20N2O2. The van der Waals surface area contributed by atoms with Crippen molar-refractivity contribution in [2.24, 2.45) is 0 Å². The topological polar surface area (TPSA) is 40.6 Å². The summed E-state index contributed by atoms with van der Waals surface area (Å²) >= 11 is 0. The second kappa shape index (κ2) is 5.48. The van der Waals surface area contributed by atoms with Gasteiger partial charge in [0.1, 0.15) is 5.66 Å². The Morgan fingerprint density at radius 2 is 1.71 bits per heavy atom. The summed E-state index contributed by atoms with van der Waals surface area (Å²) in [6, 6.07) is 17.6. The zero-order valence-electron chi connectivity index (χ0n) is 13.7. The number of hydrogen-bond donors (Lipinski definition) is 0. The lowest BCUT2D eigenvalue weighted by Gasteiger charge is -2.48. The first-order valence-electron chi connectivity index (χ1n) is 8.39. The van der Waals surface area contributed by atoms with E-state index in [2.05, 4.69) is 12.1 Å². The minimum Gasteiger partial charge on any atom is -0.315 e. The van der Waals surface area contributed by atoms with E-state index in [0.29, 0.717) is 24.9 Å². The SMILES string of the molecule is CC12CCC(=O)N1c1ccccc1C(=O)N2CCc1ccccc1. The van der Waals surface area contributed by atoms with Crippen molar-refractivity contribution in [2.75, 3.05) is 11.4 Å². The van der Waals surface area contributed by atoms with Crippen LogP contribution >= 0.6 is 0 Å². The molecule has 1 saturated heterocycles. The van der Waals surface area contributed by atoms with Gasteiger partial charge in [0.15, 0.2) is 0 Å². The van der Waals surface area contributed by atoms with Crippen LogP contribution in [0.4, 0.5) is 5.69 Å². The van der Waals surface area contributed by atoms with E-state index < -0.39 is 5.66 Å². The Kier molecular flexibility index (Phi) is 3.41. The smallest absolute Gasteiger partial charge is 0.257 e. The number of para-hydroxylation sites is 1. The summed E-state index contributed by atoms with van der Waals surface area (Å²) in [4.78, 5) is 29.3. The Hall–Kier alpha value is -2.62. The van der Waals surface area contributed by atoms with Gasteiger partial charge < -0.3 is 4.90 Å². The lowest BCUT2D eigenvalue weighted by Crippen LogP contribution is -2.62. The average Bonchev–Trinajstić information content (AvgIpc) is 2.91. The van der Waals surface area contributed by atoms with Crippen LogP contribution in [0.25, 0.3) is 0 Å². The van der Waals surface area contributed by atoms with Crippen LogP contribution in [0.3, 0.4) is 0 Å². The Morgan fingerprint density at radius 3 is 2.50 bits per heavy atom. The van der Waals surface area contributed by atoms with Crippen molar-refractivity contribution >= 4 is 17.5 Å². The molecule has 0 aromatic heterocycles. The Labute approximate surface area is 141 Å². The number of nitrogens with zero attached hydrogens (tertiary/aromatic N) is 2. The van der Waals surface area contributed by atoms with E-state index in [1.54, 1.807) is 0 Å². The first-order chi connectivity index (χ1) is 11.6. The molecule has 1 atom stereocenters. The van der Waals surface area contributed by atoms with Gasteiger partial charge in [-0.15, -0.1) is 0 Å². The van der Waals surface area contributed by atoms with E-state index in [9.17, 15) is 9.59 Å². The maximum absolute atomic E-state index is 13.1. The van der Waals surface area contributed by atoms with Crippen molar-refractivity contribution in [3.05, 3.63) is 65.7 Å². The van der Waals surface area contributed by atoms with E-state index in [1.165, 1.54) is 5.56 Å². The third-order valence-corrected chi connectivity index (χ3v) is 5.21. The number of rotatable bonds is 3. The lowest BCUT2D eigenvalue weighted by atomic mass is 9.97. The fourth-order valence-corrected chi connectivity index (χ4v) is 3.93. The molecule has 2 aliphatic rings. The van der Waals surface area contributed by atoms with E-state index in [4.69, 9.17) is 0 Å². The van der Waals surface area contributed by atoms with Gasteiger partial charge in [0.05, 0.1) is 11.3 Å². The molecule has 0 radical (unpaired) electrons. The molecule has 24 heavy (non-hydrogen) atoms. The number of anilines is 1. The van der Waals surface area contributed by atoms with Gasteiger partial charge in [0.2, 0.25) is 5.91 Å². The zero-order chi connectivity index (χ0) is 16.7. The van der Waals surface area contributed by atoms with Gasteiger partial charge in [0, 0.05) is 13.0 Å². The summed E-state index contributed by atoms with van der Waals surface area (Å²) in [6.07, 6.45) is 1.95. The summed E-state index contributed by atoms with van der Waals surface area (Å²) in [5, 5.41) is 0. The van der Waals surface area contributed by atoms with Crippen molar-refractivity contribution in [3.8, 4) is 0 Å². The lowest BCUT2D eigenvalue weighted by molar-refractivity contribution is -0.117. The van der Waals surface area contributed by atoms with Crippen LogP contribution in [0.2, 0.25) is 0 Å². The molecule has 2 heterocycles. The molecule has 0 N–H and O–H groups in total. The monoisotopic (exact) mass is 320 g/mol. The maximum Gasteiger partial charge on any atom is 0.257 e. The molecule has 4 heteroatoms. The molecular weight excluding hydrogens is 300 g/mol. The van der Waals surface area contributed by atoms with Crippen LogP contribution < -0.4 is 4.90 Å². The van der Waals surface area contributed by atoms with Gasteiger partial charge in [-0.3, -0.25) is 14.5 Å². The van der Waals surface area contributed by atoms with Gasteiger partial charge in [-0.1, -0.05) is 42.5 Å². The highest BCUT2D eigenvalue weighted by molar-refractivity contribution is 6.10. The highest BCUT2D eigenvalue weighted by Gasteiger charge is 2.52. The van der Waals surface area contributed by atoms with Crippen LogP contribution in [0, 0.1) is 0 Å². The highest BCUT2D eigenvalue weighted by atomic mass is 16.2. The van der Waals surface area contributed by atoms with Crippen molar-refractivity contribution in [1.29, 1.82) is 0 Å². The van der Waals surface area contributed by atoms with Crippen molar-refractivity contribution in [2.45, 2.75) is 31.8 Å². The van der Waals surface area contributed by atoms with Gasteiger partial charge in [-0.25, -0.2) is 0 Å². The number of carbonyl (C=O) groups is 2. The molecule has 0 saturated carbocycles. The Balaban J connectivity index is 1.71. The minimum absolute atomic E-state index is 0.0231. The van der Waals surface area contributed by atoms with Gasteiger partial charge in [0.25, 0.3) is 5.91 Å². The summed E-state index contributed by atoms with van der Waals surface area (Å²) < 4.78 is 0. The number of carbonyl (C=O) groups excluding carboxylic acids is 2. The molecule has 2 aromatic rings. The van der Waals surface area contributed by atoms with Crippen molar-refractivity contribution in [3.63, 3.8) is 0 Å². The van der Waals surface area contributed by atoms with Gasteiger partial charge in [-0.05, 0) is 37.5 Å². The van der Waals surface area contributed by atoms with Crippen molar-refractivity contribution in [1.82, 2.24) is 4.90 Å². The summed E-state index contributed by atoms with van der Waals surface area (Å²) in [5.74, 6) is 0.122. The summed E-state index contributed by atoms with van der Waals surface area (Å²) in [5.41, 5.74) is 2.02. The molecule has 2 amide bonds. The molecule has 0 bridgehead atoms. The minimum atomic E-state index is -0.558. The molecule has 2 aliphatic heterocycles. The van der Waals surface area contributed by atoms with Crippen LogP contribution in [0.1, 0.15) is 35.7 Å². The summed E-state index contributed by atoms with van der Waals surface area (Å²) in [7, 11) is 0. The number of amides is 2. The fraction of sp³-hybridized carbons (Fsp3) is 0.300. The van der Waals surface area contributed by atoms with Gasteiger partial charge in [-0.2, -0.15) is 0 Å². The van der Waals surface area contributed by atoms with Gasteiger partial charge >= 0.3 is 0 Å². The van der Waals surface area contributed by atoms with Crippen molar-refractivity contribution < 1.29 is 9.59 Å². The quantitative estimate of drug-likeness (QED) is 0.871. The molecule has 4 nitrogen and oxygen atoms in total. The molecule has 0 spiro atoms. The predicted octanol–water partition coefficient (Wildman–Crippen LogP) is 3.23. The maximum atomic E-state index is 13.1. The average molecular weight is 320 g/mol. The molecule has 4 rings (SSSR count).